The van der Waals surface area contributed by atoms with Gasteiger partial charge in [-0.3, -0.25) is 14.9 Å². The van der Waals surface area contributed by atoms with Crippen LogP contribution in [0.15, 0.2) is 44.4 Å². The summed E-state index contributed by atoms with van der Waals surface area (Å²) in [4.78, 5) is 15.7. The van der Waals surface area contributed by atoms with Crippen molar-refractivity contribution in [3.05, 3.63) is 46.7 Å². The number of amidine groups is 2. The Morgan fingerprint density at radius 1 is 1.22 bits per heavy atom. The monoisotopic (exact) mass is 504 g/mol. The fourth-order valence-corrected chi connectivity index (χ4v) is 4.58. The fourth-order valence-electron chi connectivity index (χ4n) is 4.58. The highest BCUT2D eigenvalue weighted by atomic mass is 19.1. The van der Waals surface area contributed by atoms with E-state index in [1.54, 1.807) is 14.0 Å². The number of halogens is 2. The molecule has 200 valence electrons. The quantitative estimate of drug-likeness (QED) is 0.436. The number of hydrogen-bond acceptors (Lipinski definition) is 5. The summed E-state index contributed by atoms with van der Waals surface area (Å²) in [5.74, 6) is 0.302. The maximum absolute atomic E-state index is 14.3. The van der Waals surface area contributed by atoms with Crippen LogP contribution in [0.1, 0.15) is 66.1 Å². The Kier molecular flexibility index (Phi) is 11.3. The van der Waals surface area contributed by atoms with Crippen LogP contribution in [0.2, 0.25) is 0 Å². The lowest BCUT2D eigenvalue weighted by Crippen LogP contribution is -2.49. The van der Waals surface area contributed by atoms with Crippen molar-refractivity contribution in [2.45, 2.75) is 72.6 Å². The standard InChI is InChI=1S/C25H36F2N6O.C2H6/c1-6-14(2)20-11-33(12-23(20)31-15(3)25(30-5)32-16(4)28)18-10-22(29)24(34-13-18)19-9-17(26)7-8-21(19)27;1-2/h7-9,14,18,22,24H,6,10-13,29H2,1-5H3,(H2,28,30,32);1-2H3/t14?,18?,22?,24-;/m1./s1. The molecule has 3 rings (SSSR count). The van der Waals surface area contributed by atoms with Gasteiger partial charge < -0.3 is 16.2 Å². The van der Waals surface area contributed by atoms with E-state index in [1.807, 2.05) is 20.8 Å². The summed E-state index contributed by atoms with van der Waals surface area (Å²) < 4.78 is 34.0. The second kappa shape index (κ2) is 13.7. The molecule has 2 aliphatic heterocycles. The lowest BCUT2D eigenvalue weighted by atomic mass is 9.93. The van der Waals surface area contributed by atoms with Crippen molar-refractivity contribution in [3.63, 3.8) is 0 Å². The van der Waals surface area contributed by atoms with Gasteiger partial charge >= 0.3 is 0 Å². The van der Waals surface area contributed by atoms with Crippen LogP contribution in [0, 0.1) is 17.6 Å². The van der Waals surface area contributed by atoms with Gasteiger partial charge in [-0.25, -0.2) is 13.8 Å². The second-order valence-corrected chi connectivity index (χ2v) is 9.16. The molecule has 0 amide bonds. The van der Waals surface area contributed by atoms with Crippen molar-refractivity contribution in [3.8, 4) is 0 Å². The van der Waals surface area contributed by atoms with Gasteiger partial charge in [-0.2, -0.15) is 0 Å². The molecule has 0 spiro atoms. The molecule has 2 aliphatic rings. The molecule has 1 aromatic rings. The first-order valence-electron chi connectivity index (χ1n) is 12.8. The van der Waals surface area contributed by atoms with Crippen LogP contribution < -0.4 is 11.5 Å². The molecule has 0 aromatic heterocycles. The topological polar surface area (TPSA) is 102 Å². The van der Waals surface area contributed by atoms with Gasteiger partial charge in [-0.1, -0.05) is 27.7 Å². The molecule has 1 aromatic carbocycles. The highest BCUT2D eigenvalue weighted by Crippen LogP contribution is 2.35. The van der Waals surface area contributed by atoms with E-state index < -0.39 is 23.8 Å². The van der Waals surface area contributed by atoms with Gasteiger partial charge in [0.15, 0.2) is 5.84 Å². The molecule has 1 saturated heterocycles. The van der Waals surface area contributed by atoms with Crippen LogP contribution in [0.3, 0.4) is 0 Å². The number of aliphatic imine (C=N–C) groups is 3. The lowest BCUT2D eigenvalue weighted by molar-refractivity contribution is -0.0466. The molecule has 9 heteroatoms. The average molecular weight is 505 g/mol. The van der Waals surface area contributed by atoms with Crippen molar-refractivity contribution in [1.29, 1.82) is 0 Å². The van der Waals surface area contributed by atoms with Gasteiger partial charge in [-0.15, -0.1) is 0 Å². The molecule has 1 fully saturated rings. The smallest absolute Gasteiger partial charge is 0.170 e. The normalized spacial score (nSPS) is 25.1. The van der Waals surface area contributed by atoms with Crippen molar-refractivity contribution in [2.24, 2.45) is 32.4 Å². The molecule has 4 N–H and O–H groups in total. The molecular weight excluding hydrogens is 462 g/mol. The van der Waals surface area contributed by atoms with E-state index in [9.17, 15) is 8.78 Å². The number of rotatable bonds is 6. The maximum atomic E-state index is 14.3. The summed E-state index contributed by atoms with van der Waals surface area (Å²) in [5, 5.41) is 0. The van der Waals surface area contributed by atoms with Gasteiger partial charge in [0, 0.05) is 37.8 Å². The van der Waals surface area contributed by atoms with Crippen LogP contribution in [0.25, 0.3) is 0 Å². The molecule has 0 bridgehead atoms. The van der Waals surface area contributed by atoms with Crippen molar-refractivity contribution in [1.82, 2.24) is 4.90 Å². The molecule has 4 atom stereocenters. The highest BCUT2D eigenvalue weighted by Gasteiger charge is 2.37. The molecule has 2 heterocycles. The van der Waals surface area contributed by atoms with Crippen LogP contribution in [-0.4, -0.2) is 61.1 Å². The lowest BCUT2D eigenvalue weighted by Gasteiger charge is -2.39. The summed E-state index contributed by atoms with van der Waals surface area (Å²) in [6.45, 7) is 13.8. The summed E-state index contributed by atoms with van der Waals surface area (Å²) in [6.07, 6.45) is 0.942. The highest BCUT2D eigenvalue weighted by molar-refractivity contribution is 6.42. The molecule has 0 saturated carbocycles. The second-order valence-electron chi connectivity index (χ2n) is 9.16. The third-order valence-corrected chi connectivity index (χ3v) is 6.61. The minimum absolute atomic E-state index is 0.0542. The van der Waals surface area contributed by atoms with Crippen LogP contribution in [0.5, 0.6) is 0 Å². The number of nitrogens with zero attached hydrogens (tertiary/aromatic N) is 4. The minimum Gasteiger partial charge on any atom is -0.387 e. The van der Waals surface area contributed by atoms with Gasteiger partial charge in [-0.05, 0) is 56.4 Å². The Morgan fingerprint density at radius 3 is 2.50 bits per heavy atom. The minimum atomic E-state index is -0.669. The first-order chi connectivity index (χ1) is 17.1. The summed E-state index contributed by atoms with van der Waals surface area (Å²) in [5.41, 5.74) is 15.3. The Balaban J connectivity index is 0.00000222. The van der Waals surface area contributed by atoms with Gasteiger partial charge in [0.05, 0.1) is 23.9 Å². The predicted molar refractivity (Wildman–Crippen MR) is 145 cm³/mol. The Hall–Kier alpha value is -2.49. The fraction of sp³-hybridized carbons (Fsp3) is 0.593. The number of hydrogen-bond donors (Lipinski definition) is 2. The Bertz CT molecular complexity index is 1020. The van der Waals surface area contributed by atoms with E-state index in [2.05, 4.69) is 28.7 Å². The van der Waals surface area contributed by atoms with Crippen molar-refractivity contribution >= 4 is 17.4 Å². The first kappa shape index (κ1) is 29.7. The molecular formula is C27H42F2N6O. The molecule has 0 radical (unpaired) electrons. The van der Waals surface area contributed by atoms with Crippen LogP contribution in [-0.2, 0) is 4.74 Å². The van der Waals surface area contributed by atoms with E-state index in [-0.39, 0.29) is 11.6 Å². The zero-order chi connectivity index (χ0) is 27.0. The maximum Gasteiger partial charge on any atom is 0.170 e. The Morgan fingerprint density at radius 2 is 1.92 bits per heavy atom. The Labute approximate surface area is 214 Å². The van der Waals surface area contributed by atoms with Crippen molar-refractivity contribution < 1.29 is 13.5 Å². The third-order valence-electron chi connectivity index (χ3n) is 6.61. The largest absolute Gasteiger partial charge is 0.387 e. The summed E-state index contributed by atoms with van der Waals surface area (Å²) >= 11 is 0. The number of benzene rings is 1. The van der Waals surface area contributed by atoms with Gasteiger partial charge in [0.25, 0.3) is 0 Å². The van der Waals surface area contributed by atoms with E-state index in [0.717, 1.165) is 30.8 Å². The average Bonchev–Trinajstić information content (AvgIpc) is 3.28. The number of nitrogens with two attached hydrogens (primary N) is 2. The van der Waals surface area contributed by atoms with Gasteiger partial charge in [0.2, 0.25) is 0 Å². The first-order valence-corrected chi connectivity index (χ1v) is 12.8. The third kappa shape index (κ3) is 7.27. The van der Waals surface area contributed by atoms with Crippen molar-refractivity contribution in [2.75, 3.05) is 26.7 Å². The molecule has 36 heavy (non-hydrogen) atoms. The zero-order valence-corrected chi connectivity index (χ0v) is 22.7. The van der Waals surface area contributed by atoms with E-state index in [4.69, 9.17) is 21.2 Å². The van der Waals surface area contributed by atoms with E-state index in [0.29, 0.717) is 42.9 Å². The van der Waals surface area contributed by atoms with E-state index in [1.165, 1.54) is 11.6 Å². The molecule has 7 nitrogen and oxygen atoms in total. The number of ether oxygens (including phenoxy) is 1. The SMILES string of the molecule is CC.CCC(C)C1=C(N=C(C)C(N=C(C)N)=NC)CN(C2CO[C@H](c3cc(F)ccc3F)C(N)C2)C1. The zero-order valence-electron chi connectivity index (χ0n) is 22.7. The van der Waals surface area contributed by atoms with Crippen LogP contribution >= 0.6 is 0 Å². The summed E-state index contributed by atoms with van der Waals surface area (Å²) in [6, 6.07) is 3.00. The molecule has 0 aliphatic carbocycles. The summed E-state index contributed by atoms with van der Waals surface area (Å²) in [7, 11) is 1.67. The van der Waals surface area contributed by atoms with E-state index >= 15 is 0 Å². The predicted octanol–water partition coefficient (Wildman–Crippen LogP) is 4.63. The van der Waals surface area contributed by atoms with Crippen LogP contribution in [0.4, 0.5) is 8.78 Å². The molecule has 3 unspecified atom stereocenters. The van der Waals surface area contributed by atoms with Gasteiger partial charge in [0.1, 0.15) is 17.7 Å².